The molecule has 1 aliphatic carbocycles. The molecule has 1 aromatic carbocycles. The molecule has 1 heterocycles. The van der Waals surface area contributed by atoms with Crippen LogP contribution in [0.25, 0.3) is 0 Å². The number of fused-ring (bicyclic) bond motifs is 1. The Morgan fingerprint density at radius 1 is 1.28 bits per heavy atom. The van der Waals surface area contributed by atoms with Crippen molar-refractivity contribution in [2.75, 3.05) is 18.0 Å². The Balaban J connectivity index is 1.95. The van der Waals surface area contributed by atoms with E-state index >= 15 is 0 Å². The number of aryl methyl sites for hydroxylation is 1. The first-order chi connectivity index (χ1) is 8.79. The second-order valence-corrected chi connectivity index (χ2v) is 5.43. The van der Waals surface area contributed by atoms with E-state index in [-0.39, 0.29) is 5.91 Å². The highest BCUT2D eigenvalue weighted by atomic mass is 16.2. The van der Waals surface area contributed by atoms with Gasteiger partial charge in [0.25, 0.3) is 0 Å². The molecule has 3 nitrogen and oxygen atoms in total. The predicted molar refractivity (Wildman–Crippen MR) is 72.6 cm³/mol. The van der Waals surface area contributed by atoms with E-state index in [1.165, 1.54) is 24.0 Å². The molecule has 0 aromatic heterocycles. The molecule has 3 heteroatoms. The van der Waals surface area contributed by atoms with Crippen LogP contribution in [-0.2, 0) is 17.6 Å². The van der Waals surface area contributed by atoms with Gasteiger partial charge in [-0.15, -0.1) is 0 Å². The van der Waals surface area contributed by atoms with Gasteiger partial charge in [0.2, 0.25) is 5.91 Å². The smallest absolute Gasteiger partial charge is 0.227 e. The minimum absolute atomic E-state index is 0.240. The number of amides is 1. The Kier molecular flexibility index (Phi) is 3.08. The van der Waals surface area contributed by atoms with E-state index < -0.39 is 0 Å². The summed E-state index contributed by atoms with van der Waals surface area (Å²) in [6, 6.07) is 6.39. The van der Waals surface area contributed by atoms with E-state index in [0.717, 1.165) is 25.1 Å². The van der Waals surface area contributed by atoms with Crippen LogP contribution >= 0.6 is 0 Å². The summed E-state index contributed by atoms with van der Waals surface area (Å²) in [5.74, 6) is 0.571. The molecule has 2 N–H and O–H groups in total. The highest BCUT2D eigenvalue weighted by molar-refractivity contribution is 5.96. The van der Waals surface area contributed by atoms with Crippen LogP contribution in [0.5, 0.6) is 0 Å². The van der Waals surface area contributed by atoms with Gasteiger partial charge in [0, 0.05) is 18.7 Å². The van der Waals surface area contributed by atoms with Crippen molar-refractivity contribution in [3.05, 3.63) is 29.3 Å². The van der Waals surface area contributed by atoms with E-state index in [0.29, 0.717) is 18.9 Å². The molecule has 3 rings (SSSR count). The van der Waals surface area contributed by atoms with Crippen molar-refractivity contribution in [3.63, 3.8) is 0 Å². The van der Waals surface area contributed by atoms with Crippen LogP contribution in [0.4, 0.5) is 5.69 Å². The minimum atomic E-state index is 0.240. The second kappa shape index (κ2) is 4.73. The number of rotatable bonds is 2. The van der Waals surface area contributed by atoms with Gasteiger partial charge in [0.15, 0.2) is 0 Å². The molecular formula is C15H20N2O. The van der Waals surface area contributed by atoms with Gasteiger partial charge in [0.1, 0.15) is 0 Å². The topological polar surface area (TPSA) is 46.3 Å². The normalized spacial score (nSPS) is 23.3. The summed E-state index contributed by atoms with van der Waals surface area (Å²) in [5, 5.41) is 0. The van der Waals surface area contributed by atoms with Gasteiger partial charge in [-0.1, -0.05) is 12.1 Å². The Morgan fingerprint density at radius 3 is 2.89 bits per heavy atom. The standard InChI is InChI=1S/C15H20N2O/c16-9-11-8-15(18)17(10-11)14-7-3-5-12-4-1-2-6-13(12)14/h3,5,7,11H,1-2,4,6,8-10,16H2. The summed E-state index contributed by atoms with van der Waals surface area (Å²) in [4.78, 5) is 14.1. The highest BCUT2D eigenvalue weighted by Gasteiger charge is 2.31. The fraction of sp³-hybridized carbons (Fsp3) is 0.533. The van der Waals surface area contributed by atoms with E-state index in [4.69, 9.17) is 5.73 Å². The average molecular weight is 244 g/mol. The van der Waals surface area contributed by atoms with Gasteiger partial charge >= 0.3 is 0 Å². The molecule has 1 unspecified atom stereocenters. The monoisotopic (exact) mass is 244 g/mol. The molecule has 0 radical (unpaired) electrons. The molecule has 1 amide bonds. The van der Waals surface area contributed by atoms with Gasteiger partial charge < -0.3 is 10.6 Å². The van der Waals surface area contributed by atoms with Crippen molar-refractivity contribution in [1.82, 2.24) is 0 Å². The maximum atomic E-state index is 12.1. The molecule has 0 bridgehead atoms. The maximum absolute atomic E-state index is 12.1. The van der Waals surface area contributed by atoms with E-state index in [1.54, 1.807) is 0 Å². The molecule has 1 aliphatic heterocycles. The fourth-order valence-corrected chi connectivity index (χ4v) is 3.19. The number of nitrogens with two attached hydrogens (primary N) is 1. The lowest BCUT2D eigenvalue weighted by molar-refractivity contribution is -0.117. The summed E-state index contributed by atoms with van der Waals surface area (Å²) in [6.07, 6.45) is 5.40. The lowest BCUT2D eigenvalue weighted by Crippen LogP contribution is -2.27. The number of hydrogen-bond donors (Lipinski definition) is 1. The van der Waals surface area contributed by atoms with Crippen molar-refractivity contribution < 1.29 is 4.79 Å². The molecule has 96 valence electrons. The third-order valence-electron chi connectivity index (χ3n) is 4.20. The molecule has 0 saturated carbocycles. The van der Waals surface area contributed by atoms with E-state index in [1.807, 2.05) is 4.90 Å². The molecule has 0 spiro atoms. The molecule has 2 aliphatic rings. The number of carbonyl (C=O) groups is 1. The van der Waals surface area contributed by atoms with Crippen molar-refractivity contribution in [2.45, 2.75) is 32.1 Å². The Labute approximate surface area is 108 Å². The average Bonchev–Trinajstić information content (AvgIpc) is 2.79. The molecular weight excluding hydrogens is 224 g/mol. The number of anilines is 1. The van der Waals surface area contributed by atoms with Gasteiger partial charge in [-0.05, 0) is 55.3 Å². The van der Waals surface area contributed by atoms with Crippen molar-refractivity contribution >= 4 is 11.6 Å². The Bertz CT molecular complexity index is 470. The van der Waals surface area contributed by atoms with Crippen molar-refractivity contribution in [3.8, 4) is 0 Å². The van der Waals surface area contributed by atoms with Crippen LogP contribution in [-0.4, -0.2) is 19.0 Å². The predicted octanol–water partition coefficient (Wildman–Crippen LogP) is 1.88. The summed E-state index contributed by atoms with van der Waals surface area (Å²) in [7, 11) is 0. The van der Waals surface area contributed by atoms with Gasteiger partial charge in [0.05, 0.1) is 0 Å². The van der Waals surface area contributed by atoms with Gasteiger partial charge in [-0.2, -0.15) is 0 Å². The Hall–Kier alpha value is -1.35. The van der Waals surface area contributed by atoms with Crippen LogP contribution in [0, 0.1) is 5.92 Å². The summed E-state index contributed by atoms with van der Waals surface area (Å²) >= 11 is 0. The first kappa shape index (κ1) is 11.7. The Morgan fingerprint density at radius 2 is 2.11 bits per heavy atom. The first-order valence-electron chi connectivity index (χ1n) is 6.91. The van der Waals surface area contributed by atoms with Crippen LogP contribution in [0.3, 0.4) is 0 Å². The SMILES string of the molecule is NCC1CC(=O)N(c2cccc3c2CCCC3)C1. The summed E-state index contributed by atoms with van der Waals surface area (Å²) in [6.45, 7) is 1.41. The zero-order valence-electron chi connectivity index (χ0n) is 10.7. The number of benzene rings is 1. The number of hydrogen-bond acceptors (Lipinski definition) is 2. The zero-order valence-corrected chi connectivity index (χ0v) is 10.7. The number of nitrogens with zero attached hydrogens (tertiary/aromatic N) is 1. The van der Waals surface area contributed by atoms with Gasteiger partial charge in [-0.3, -0.25) is 4.79 Å². The van der Waals surface area contributed by atoms with Crippen molar-refractivity contribution in [1.29, 1.82) is 0 Å². The quantitative estimate of drug-likeness (QED) is 0.863. The van der Waals surface area contributed by atoms with Crippen LogP contribution in [0.2, 0.25) is 0 Å². The second-order valence-electron chi connectivity index (χ2n) is 5.43. The van der Waals surface area contributed by atoms with E-state index in [2.05, 4.69) is 18.2 Å². The largest absolute Gasteiger partial charge is 0.330 e. The van der Waals surface area contributed by atoms with Crippen LogP contribution < -0.4 is 10.6 Å². The highest BCUT2D eigenvalue weighted by Crippen LogP contribution is 2.33. The zero-order chi connectivity index (χ0) is 12.5. The fourth-order valence-electron chi connectivity index (χ4n) is 3.19. The minimum Gasteiger partial charge on any atom is -0.330 e. The molecule has 1 aromatic rings. The molecule has 1 fully saturated rings. The van der Waals surface area contributed by atoms with Gasteiger partial charge in [-0.25, -0.2) is 0 Å². The first-order valence-corrected chi connectivity index (χ1v) is 6.91. The molecule has 18 heavy (non-hydrogen) atoms. The molecule has 1 atom stereocenters. The van der Waals surface area contributed by atoms with Crippen LogP contribution in [0.1, 0.15) is 30.4 Å². The maximum Gasteiger partial charge on any atom is 0.227 e. The lowest BCUT2D eigenvalue weighted by Gasteiger charge is -2.25. The summed E-state index contributed by atoms with van der Waals surface area (Å²) in [5.41, 5.74) is 9.67. The third kappa shape index (κ3) is 1.93. The lowest BCUT2D eigenvalue weighted by atomic mass is 9.90. The molecule has 1 saturated heterocycles. The number of carbonyl (C=O) groups excluding carboxylic acids is 1. The third-order valence-corrected chi connectivity index (χ3v) is 4.20. The van der Waals surface area contributed by atoms with Crippen LogP contribution in [0.15, 0.2) is 18.2 Å². The van der Waals surface area contributed by atoms with Crippen molar-refractivity contribution in [2.24, 2.45) is 11.7 Å². The summed E-state index contributed by atoms with van der Waals surface area (Å²) < 4.78 is 0. The van der Waals surface area contributed by atoms with E-state index in [9.17, 15) is 4.79 Å².